The van der Waals surface area contributed by atoms with E-state index in [-0.39, 0.29) is 31.1 Å². The van der Waals surface area contributed by atoms with Crippen LogP contribution in [0.25, 0.3) is 10.9 Å². The summed E-state index contributed by atoms with van der Waals surface area (Å²) in [5.41, 5.74) is 2.20. The molecule has 7 heteroatoms. The number of fused-ring (bicyclic) bond motifs is 1. The number of alkyl halides is 3. The second kappa shape index (κ2) is 19.8. The predicted octanol–water partition coefficient (Wildman–Crippen LogP) is 7.75. The predicted molar refractivity (Wildman–Crippen MR) is 132 cm³/mol. The number of nitrogens with zero attached hydrogens (tertiary/aromatic N) is 2. The Balaban J connectivity index is -0.000000844. The molecule has 3 nitrogen and oxygen atoms in total. The van der Waals surface area contributed by atoms with Crippen molar-refractivity contribution in [3.63, 3.8) is 0 Å². The monoisotopic (exact) mass is 681 g/mol. The van der Waals surface area contributed by atoms with Gasteiger partial charge in [-0.1, -0.05) is 33.8 Å². The van der Waals surface area contributed by atoms with E-state index in [1.54, 1.807) is 26.8 Å². The molecule has 32 heavy (non-hydrogen) atoms. The molecule has 1 aromatic carbocycles. The minimum Gasteiger partial charge on any atom is -0.382 e. The Labute approximate surface area is 218 Å². The number of benzene rings is 1. The van der Waals surface area contributed by atoms with Crippen molar-refractivity contribution in [3.05, 3.63) is 43.8 Å². The van der Waals surface area contributed by atoms with E-state index in [1.807, 2.05) is 45.9 Å². The first-order chi connectivity index (χ1) is 14.8. The minimum atomic E-state index is -4.21. The Kier molecular flexibility index (Phi) is 22.2. The van der Waals surface area contributed by atoms with Crippen LogP contribution >= 0.6 is 0 Å². The average Bonchev–Trinajstić information content (AvgIpc) is 3.10. The second-order valence-electron chi connectivity index (χ2n) is 6.45. The minimum absolute atomic E-state index is 0. The van der Waals surface area contributed by atoms with E-state index in [0.29, 0.717) is 17.3 Å². The van der Waals surface area contributed by atoms with Crippen LogP contribution in [-0.2, 0) is 6.54 Å². The molecule has 2 aromatic rings. The zero-order valence-electron chi connectivity index (χ0n) is 21.4. The van der Waals surface area contributed by atoms with Gasteiger partial charge in [-0.15, -0.1) is 0 Å². The van der Waals surface area contributed by atoms with Gasteiger partial charge in [0.05, 0.1) is 5.52 Å². The number of nitrogens with one attached hydrogen (secondary N) is 1. The first-order valence-electron chi connectivity index (χ1n) is 11.4. The third-order valence-electron chi connectivity index (χ3n) is 4.57. The molecule has 184 valence electrons. The van der Waals surface area contributed by atoms with Gasteiger partial charge in [0.15, 0.2) is 0 Å². The quantitative estimate of drug-likeness (QED) is 0.335. The summed E-state index contributed by atoms with van der Waals surface area (Å²) < 4.78 is 39.7. The molecule has 0 saturated carbocycles. The summed E-state index contributed by atoms with van der Waals surface area (Å²) in [6.45, 7) is 20.9. The number of likely N-dealkylation sites (tertiary alicyclic amines) is 1. The molecule has 1 N–H and O–H groups in total. The average molecular weight is 682 g/mol. The summed E-state index contributed by atoms with van der Waals surface area (Å²) in [7, 11) is 2.11. The summed E-state index contributed by atoms with van der Waals surface area (Å²) in [6, 6.07) is 7.76. The van der Waals surface area contributed by atoms with Crippen LogP contribution in [0.1, 0.15) is 60.1 Å². The fourth-order valence-corrected chi connectivity index (χ4v) is 3.30. The van der Waals surface area contributed by atoms with Crippen molar-refractivity contribution < 1.29 is 44.3 Å². The second-order valence-corrected chi connectivity index (χ2v) is 6.45. The SMILES string of the molecule is CC.CC.Cc1cc2c(NC3CCN(C)CC3)cccc2n1CC(F)(F)F.[CH2-]C.[CH2-]C.[U+2]. The van der Waals surface area contributed by atoms with Crippen LogP contribution in [0, 0.1) is 51.9 Å². The van der Waals surface area contributed by atoms with Gasteiger partial charge in [-0.3, -0.25) is 0 Å². The molecule has 2 heterocycles. The fraction of sp³-hybridized carbons (Fsp3) is 0.600. The van der Waals surface area contributed by atoms with Crippen molar-refractivity contribution in [2.75, 3.05) is 25.5 Å². The first-order valence-corrected chi connectivity index (χ1v) is 11.4. The summed E-state index contributed by atoms with van der Waals surface area (Å²) in [6.07, 6.45) is -2.11. The van der Waals surface area contributed by atoms with Gasteiger partial charge in [0.1, 0.15) is 6.54 Å². The molecule has 3 rings (SSSR count). The Morgan fingerprint density at radius 2 is 1.50 bits per heavy atom. The number of anilines is 1. The first kappa shape index (κ1) is 35.9. The normalized spacial score (nSPS) is 13.5. The zero-order valence-corrected chi connectivity index (χ0v) is 25.5. The largest absolute Gasteiger partial charge is 2.00 e. The molecule has 0 unspecified atom stereocenters. The van der Waals surface area contributed by atoms with Crippen LogP contribution in [0.5, 0.6) is 0 Å². The number of hydrogen-bond acceptors (Lipinski definition) is 2. The van der Waals surface area contributed by atoms with Gasteiger partial charge in [0.25, 0.3) is 0 Å². The maximum atomic E-state index is 12.8. The number of aryl methyl sites for hydroxylation is 1. The number of halogens is 3. The molecular formula is C25H44F3N3U. The summed E-state index contributed by atoms with van der Waals surface area (Å²) >= 11 is 0. The van der Waals surface area contributed by atoms with E-state index in [0.717, 1.165) is 37.0 Å². The van der Waals surface area contributed by atoms with Gasteiger partial charge >= 0.3 is 37.3 Å². The molecule has 0 atom stereocenters. The van der Waals surface area contributed by atoms with E-state index in [1.165, 1.54) is 4.57 Å². The van der Waals surface area contributed by atoms with Crippen molar-refractivity contribution in [1.82, 2.24) is 9.47 Å². The molecule has 0 amide bonds. The van der Waals surface area contributed by atoms with Crippen molar-refractivity contribution in [1.29, 1.82) is 0 Å². The van der Waals surface area contributed by atoms with E-state index < -0.39 is 12.7 Å². The van der Waals surface area contributed by atoms with Gasteiger partial charge in [-0.2, -0.15) is 27.0 Å². The van der Waals surface area contributed by atoms with Crippen LogP contribution in [0.3, 0.4) is 0 Å². The molecule has 0 aliphatic carbocycles. The summed E-state index contributed by atoms with van der Waals surface area (Å²) in [5, 5.41) is 4.40. The molecule has 0 radical (unpaired) electrons. The van der Waals surface area contributed by atoms with Gasteiger partial charge in [0.2, 0.25) is 0 Å². The topological polar surface area (TPSA) is 20.2 Å². The Morgan fingerprint density at radius 1 is 1.00 bits per heavy atom. The Bertz CT molecular complexity index is 692. The van der Waals surface area contributed by atoms with Crippen LogP contribution in [0.4, 0.5) is 18.9 Å². The van der Waals surface area contributed by atoms with Gasteiger partial charge in [-0.05, 0) is 58.1 Å². The van der Waals surface area contributed by atoms with Gasteiger partial charge < -0.3 is 28.6 Å². The smallest absolute Gasteiger partial charge is 0.382 e. The summed E-state index contributed by atoms with van der Waals surface area (Å²) in [5.74, 6) is 0. The number of aromatic nitrogens is 1. The van der Waals surface area contributed by atoms with E-state index in [2.05, 4.69) is 31.1 Å². The number of hydrogen-bond donors (Lipinski definition) is 1. The maximum Gasteiger partial charge on any atom is 2.00 e. The summed E-state index contributed by atoms with van der Waals surface area (Å²) in [4.78, 5) is 2.29. The number of rotatable bonds is 3. The molecule has 1 fully saturated rings. The van der Waals surface area contributed by atoms with Crippen molar-refractivity contribution >= 4 is 16.6 Å². The third-order valence-corrected chi connectivity index (χ3v) is 4.57. The fourth-order valence-electron chi connectivity index (χ4n) is 3.30. The molecule has 0 spiro atoms. The molecule has 1 aromatic heterocycles. The van der Waals surface area contributed by atoms with Crippen molar-refractivity contribution in [3.8, 4) is 0 Å². The van der Waals surface area contributed by atoms with Crippen LogP contribution in [0.2, 0.25) is 0 Å². The Hall–Kier alpha value is -0.638. The molecule has 1 saturated heterocycles. The standard InChI is InChI=1S/C17H22F3N3.2C2H6.2C2H5.U/c1-12-10-14-15(21-13-6-8-22(2)9-7-13)4-3-5-16(14)23(12)11-17(18,19)20;4*1-2;/h3-5,10,13,21H,6-9,11H2,1-2H3;2*1-2H3;2*1H2,2H3;/q;;;2*-1;+2. The molecular weight excluding hydrogens is 637 g/mol. The van der Waals surface area contributed by atoms with Gasteiger partial charge in [0, 0.05) is 22.8 Å². The van der Waals surface area contributed by atoms with Crippen LogP contribution in [0.15, 0.2) is 24.3 Å². The van der Waals surface area contributed by atoms with Gasteiger partial charge in [-0.25, -0.2) is 0 Å². The van der Waals surface area contributed by atoms with Crippen molar-refractivity contribution in [2.45, 2.75) is 80.1 Å². The molecule has 0 bridgehead atoms. The van der Waals surface area contributed by atoms with E-state index in [9.17, 15) is 13.2 Å². The van der Waals surface area contributed by atoms with E-state index >= 15 is 0 Å². The molecule has 1 aliphatic heterocycles. The molecule has 1 aliphatic rings. The zero-order chi connectivity index (χ0) is 24.6. The van der Waals surface area contributed by atoms with Crippen LogP contribution in [-0.4, -0.2) is 41.8 Å². The maximum absolute atomic E-state index is 12.8. The Morgan fingerprint density at radius 3 is 1.97 bits per heavy atom. The van der Waals surface area contributed by atoms with Crippen LogP contribution < -0.4 is 5.32 Å². The van der Waals surface area contributed by atoms with Crippen molar-refractivity contribution in [2.24, 2.45) is 0 Å². The third kappa shape index (κ3) is 12.0. The van der Waals surface area contributed by atoms with E-state index in [4.69, 9.17) is 0 Å². The number of piperidine rings is 1.